The second-order valence-electron chi connectivity index (χ2n) is 6.08. The third-order valence-electron chi connectivity index (χ3n) is 4.57. The van der Waals surface area contributed by atoms with Crippen molar-refractivity contribution in [2.24, 2.45) is 0 Å². The third-order valence-corrected chi connectivity index (χ3v) is 4.57. The van der Waals surface area contributed by atoms with Crippen LogP contribution in [-0.4, -0.2) is 53.3 Å². The molecule has 26 heavy (non-hydrogen) atoms. The molecule has 138 valence electrons. The number of ether oxygens (including phenoxy) is 3. The summed E-state index contributed by atoms with van der Waals surface area (Å²) in [5.41, 5.74) is 1.36. The van der Waals surface area contributed by atoms with E-state index >= 15 is 0 Å². The number of aromatic nitrogens is 1. The normalized spacial score (nSPS) is 25.7. The van der Waals surface area contributed by atoms with Gasteiger partial charge >= 0.3 is 5.97 Å². The van der Waals surface area contributed by atoms with Gasteiger partial charge in [-0.2, -0.15) is 5.26 Å². The maximum Gasteiger partial charge on any atom is 0.335 e. The van der Waals surface area contributed by atoms with E-state index in [9.17, 15) is 15.0 Å². The van der Waals surface area contributed by atoms with Crippen molar-refractivity contribution in [3.8, 4) is 11.8 Å². The molecule has 0 aliphatic carbocycles. The Bertz CT molecular complexity index is 855. The van der Waals surface area contributed by atoms with Crippen molar-refractivity contribution < 1.29 is 29.2 Å². The van der Waals surface area contributed by atoms with E-state index in [1.54, 1.807) is 29.0 Å². The second-order valence-corrected chi connectivity index (χ2v) is 6.08. The fraction of sp³-hybridized carbons (Fsp3) is 0.444. The first kappa shape index (κ1) is 18.2. The first-order valence-corrected chi connectivity index (χ1v) is 8.14. The minimum Gasteiger partial charge on any atom is -0.496 e. The molecule has 1 aliphatic rings. The molecule has 1 saturated heterocycles. The Kier molecular flexibility index (Phi) is 5.13. The van der Waals surface area contributed by atoms with Gasteiger partial charge in [-0.25, -0.2) is 4.79 Å². The highest BCUT2D eigenvalue weighted by Gasteiger charge is 2.41. The zero-order chi connectivity index (χ0) is 18.8. The van der Waals surface area contributed by atoms with Crippen LogP contribution in [0.3, 0.4) is 0 Å². The highest BCUT2D eigenvalue weighted by Crippen LogP contribution is 2.36. The summed E-state index contributed by atoms with van der Waals surface area (Å²) in [4.78, 5) is 11.9. The number of aliphatic hydroxyl groups is 2. The van der Waals surface area contributed by atoms with Crippen LogP contribution >= 0.6 is 0 Å². The number of aliphatic hydroxyl groups excluding tert-OH is 2. The number of benzene rings is 1. The fourth-order valence-electron chi connectivity index (χ4n) is 3.33. The Labute approximate surface area is 150 Å². The largest absolute Gasteiger partial charge is 0.496 e. The third kappa shape index (κ3) is 3.01. The van der Waals surface area contributed by atoms with Gasteiger partial charge in [-0.3, -0.25) is 0 Å². The van der Waals surface area contributed by atoms with Crippen LogP contribution in [-0.2, 0) is 20.7 Å². The summed E-state index contributed by atoms with van der Waals surface area (Å²) in [5.74, 6) is -0.0332. The molecule has 0 bridgehead atoms. The zero-order valence-electron chi connectivity index (χ0n) is 14.5. The van der Waals surface area contributed by atoms with Gasteiger partial charge in [0.15, 0.2) is 12.3 Å². The number of methoxy groups -OCH3 is 2. The van der Waals surface area contributed by atoms with Gasteiger partial charge in [-0.15, -0.1) is 0 Å². The maximum absolute atomic E-state index is 11.9. The van der Waals surface area contributed by atoms with Crippen molar-refractivity contribution in [1.29, 1.82) is 5.26 Å². The van der Waals surface area contributed by atoms with Crippen LogP contribution in [0.2, 0.25) is 0 Å². The van der Waals surface area contributed by atoms with Gasteiger partial charge in [0.1, 0.15) is 11.9 Å². The van der Waals surface area contributed by atoms with Crippen LogP contribution in [0.1, 0.15) is 18.2 Å². The minimum absolute atomic E-state index is 0.0576. The van der Waals surface area contributed by atoms with E-state index in [4.69, 9.17) is 19.5 Å². The van der Waals surface area contributed by atoms with Crippen molar-refractivity contribution in [2.45, 2.75) is 37.4 Å². The van der Waals surface area contributed by atoms with Gasteiger partial charge < -0.3 is 29.0 Å². The standard InChI is InChI=1S/C18H20N2O6/c1-24-13-5-3-4-11-15(13)10(6-7-19)9-20(11)17-16(22)12(21)8-14(26-17)18(23)25-2/h3-5,9,12,14,16-17,21-22H,6,8H2,1-2H3/t12-,14+,16+,17+/m1/s1. The molecule has 0 amide bonds. The lowest BCUT2D eigenvalue weighted by molar-refractivity contribution is -0.209. The Balaban J connectivity index is 2.11. The quantitative estimate of drug-likeness (QED) is 0.779. The Morgan fingerprint density at radius 1 is 1.42 bits per heavy atom. The monoisotopic (exact) mass is 360 g/mol. The van der Waals surface area contributed by atoms with E-state index in [1.165, 1.54) is 14.2 Å². The molecule has 3 rings (SSSR count). The zero-order valence-corrected chi connectivity index (χ0v) is 14.5. The second kappa shape index (κ2) is 7.33. The Hall–Kier alpha value is -2.60. The first-order valence-electron chi connectivity index (χ1n) is 8.14. The lowest BCUT2D eigenvalue weighted by atomic mass is 10.0. The lowest BCUT2D eigenvalue weighted by Gasteiger charge is -2.36. The average Bonchev–Trinajstić information content (AvgIpc) is 3.02. The van der Waals surface area contributed by atoms with Crippen LogP contribution in [0.25, 0.3) is 10.9 Å². The number of carbonyl (C=O) groups excluding carboxylic acids is 1. The van der Waals surface area contributed by atoms with Crippen molar-refractivity contribution in [1.82, 2.24) is 4.57 Å². The minimum atomic E-state index is -1.24. The van der Waals surface area contributed by atoms with E-state index in [0.717, 1.165) is 5.39 Å². The molecule has 2 aromatic rings. The molecule has 1 aliphatic heterocycles. The van der Waals surface area contributed by atoms with Crippen LogP contribution in [0.5, 0.6) is 5.75 Å². The highest BCUT2D eigenvalue weighted by atomic mass is 16.6. The molecule has 8 nitrogen and oxygen atoms in total. The summed E-state index contributed by atoms with van der Waals surface area (Å²) < 4.78 is 17.4. The maximum atomic E-state index is 11.9. The van der Waals surface area contributed by atoms with Gasteiger partial charge in [0.05, 0.1) is 38.3 Å². The number of rotatable bonds is 4. The lowest BCUT2D eigenvalue weighted by Crippen LogP contribution is -2.48. The average molecular weight is 360 g/mol. The van der Waals surface area contributed by atoms with Crippen LogP contribution < -0.4 is 4.74 Å². The van der Waals surface area contributed by atoms with Crippen molar-refractivity contribution in [2.75, 3.05) is 14.2 Å². The predicted molar refractivity (Wildman–Crippen MR) is 90.4 cm³/mol. The molecule has 2 heterocycles. The van der Waals surface area contributed by atoms with E-state index in [0.29, 0.717) is 16.8 Å². The summed E-state index contributed by atoms with van der Waals surface area (Å²) in [6.07, 6.45) is -2.65. The van der Waals surface area contributed by atoms with Crippen molar-refractivity contribution in [3.63, 3.8) is 0 Å². The number of nitriles is 1. The molecule has 0 spiro atoms. The molecule has 0 saturated carbocycles. The topological polar surface area (TPSA) is 114 Å². The molecule has 1 aromatic carbocycles. The predicted octanol–water partition coefficient (Wildman–Crippen LogP) is 0.898. The van der Waals surface area contributed by atoms with E-state index in [-0.39, 0.29) is 12.8 Å². The molecule has 2 N–H and O–H groups in total. The number of esters is 1. The molecular formula is C18H20N2O6. The van der Waals surface area contributed by atoms with E-state index < -0.39 is 30.5 Å². The summed E-state index contributed by atoms with van der Waals surface area (Å²) in [5, 5.41) is 30.5. The Morgan fingerprint density at radius 3 is 2.85 bits per heavy atom. The van der Waals surface area contributed by atoms with Gasteiger partial charge in [0, 0.05) is 18.0 Å². The molecular weight excluding hydrogens is 340 g/mol. The molecule has 1 aromatic heterocycles. The number of nitrogens with zero attached hydrogens (tertiary/aromatic N) is 2. The van der Waals surface area contributed by atoms with E-state index in [1.807, 2.05) is 0 Å². The highest BCUT2D eigenvalue weighted by molar-refractivity contribution is 5.90. The number of hydrogen-bond acceptors (Lipinski definition) is 7. The summed E-state index contributed by atoms with van der Waals surface area (Å²) in [7, 11) is 2.77. The summed E-state index contributed by atoms with van der Waals surface area (Å²) in [6.45, 7) is 0. The molecule has 1 fully saturated rings. The number of fused-ring (bicyclic) bond motifs is 1. The summed E-state index contributed by atoms with van der Waals surface area (Å²) in [6, 6.07) is 7.45. The first-order chi connectivity index (χ1) is 12.5. The van der Waals surface area contributed by atoms with Crippen LogP contribution in [0, 0.1) is 11.3 Å². The summed E-state index contributed by atoms with van der Waals surface area (Å²) >= 11 is 0. The fourth-order valence-corrected chi connectivity index (χ4v) is 3.33. The van der Waals surface area contributed by atoms with Gasteiger partial charge in [-0.1, -0.05) is 6.07 Å². The van der Waals surface area contributed by atoms with Gasteiger partial charge in [-0.05, 0) is 17.7 Å². The molecule has 8 heteroatoms. The van der Waals surface area contributed by atoms with Crippen molar-refractivity contribution in [3.05, 3.63) is 30.0 Å². The molecule has 0 unspecified atom stereocenters. The van der Waals surface area contributed by atoms with Crippen LogP contribution in [0.4, 0.5) is 0 Å². The van der Waals surface area contributed by atoms with Crippen molar-refractivity contribution >= 4 is 16.9 Å². The number of hydrogen-bond donors (Lipinski definition) is 2. The smallest absolute Gasteiger partial charge is 0.335 e. The number of carbonyl (C=O) groups is 1. The van der Waals surface area contributed by atoms with Gasteiger partial charge in [0.2, 0.25) is 0 Å². The van der Waals surface area contributed by atoms with E-state index in [2.05, 4.69) is 6.07 Å². The molecule has 4 atom stereocenters. The molecule has 0 radical (unpaired) electrons. The van der Waals surface area contributed by atoms with Gasteiger partial charge in [0.25, 0.3) is 0 Å². The SMILES string of the molecule is COC(=O)[C@@H]1C[C@@H](O)[C@H](O)[C@@H](n2cc(CC#N)c3c(OC)cccc32)O1. The Morgan fingerprint density at radius 2 is 2.19 bits per heavy atom. The van der Waals surface area contributed by atoms with Crippen LogP contribution in [0.15, 0.2) is 24.4 Å².